The van der Waals surface area contributed by atoms with Gasteiger partial charge in [-0.1, -0.05) is 18.2 Å². The van der Waals surface area contributed by atoms with Crippen molar-refractivity contribution in [3.8, 4) is 11.8 Å². The molecule has 0 aliphatic carbocycles. The van der Waals surface area contributed by atoms with Gasteiger partial charge in [-0.15, -0.1) is 0 Å². The number of carbonyl (C=O) groups is 1. The van der Waals surface area contributed by atoms with E-state index in [1.54, 1.807) is 49.6 Å². The van der Waals surface area contributed by atoms with E-state index >= 15 is 0 Å². The van der Waals surface area contributed by atoms with E-state index in [4.69, 9.17) is 10.00 Å². The van der Waals surface area contributed by atoms with Gasteiger partial charge in [0.1, 0.15) is 11.8 Å². The Morgan fingerprint density at radius 2 is 2.05 bits per heavy atom. The van der Waals surface area contributed by atoms with Crippen LogP contribution in [0.1, 0.15) is 5.56 Å². The lowest BCUT2D eigenvalue weighted by Crippen LogP contribution is -2.22. The molecule has 5 heteroatoms. The Labute approximate surface area is 123 Å². The number of anilines is 2. The lowest BCUT2D eigenvalue weighted by molar-refractivity contribution is -0.114. The molecule has 0 aliphatic rings. The number of nitrogens with one attached hydrogen (secondary N) is 2. The number of benzene rings is 2. The molecule has 2 N–H and O–H groups in total. The summed E-state index contributed by atoms with van der Waals surface area (Å²) in [5, 5.41) is 14.7. The summed E-state index contributed by atoms with van der Waals surface area (Å²) in [6, 6.07) is 16.2. The molecule has 0 atom stereocenters. The third-order valence-corrected chi connectivity index (χ3v) is 2.84. The molecule has 21 heavy (non-hydrogen) atoms. The molecule has 0 saturated carbocycles. The zero-order valence-electron chi connectivity index (χ0n) is 11.6. The summed E-state index contributed by atoms with van der Waals surface area (Å²) in [6.45, 7) is 0.0793. The first-order valence-corrected chi connectivity index (χ1v) is 6.40. The quantitative estimate of drug-likeness (QED) is 0.883. The molecule has 0 aliphatic heterocycles. The van der Waals surface area contributed by atoms with Crippen LogP contribution in [0, 0.1) is 11.3 Å². The Morgan fingerprint density at radius 3 is 2.81 bits per heavy atom. The van der Waals surface area contributed by atoms with Crippen LogP contribution in [0.4, 0.5) is 11.4 Å². The summed E-state index contributed by atoms with van der Waals surface area (Å²) in [5.41, 5.74) is 1.81. The molecule has 0 bridgehead atoms. The van der Waals surface area contributed by atoms with Gasteiger partial charge in [0.25, 0.3) is 0 Å². The minimum absolute atomic E-state index is 0.0793. The standard InChI is InChI=1S/C16H15N3O2/c1-21-14-7-4-6-13(9-14)19-16(20)11-18-15-8-3-2-5-12(15)10-17/h2-9,18H,11H2,1H3,(H,19,20). The van der Waals surface area contributed by atoms with E-state index in [2.05, 4.69) is 16.7 Å². The predicted molar refractivity (Wildman–Crippen MR) is 81.3 cm³/mol. The number of hydrogen-bond donors (Lipinski definition) is 2. The van der Waals surface area contributed by atoms with E-state index in [0.29, 0.717) is 22.7 Å². The van der Waals surface area contributed by atoms with Gasteiger partial charge in [-0.25, -0.2) is 0 Å². The highest BCUT2D eigenvalue weighted by Gasteiger charge is 2.05. The van der Waals surface area contributed by atoms with E-state index in [1.165, 1.54) is 0 Å². The first-order chi connectivity index (χ1) is 10.2. The molecule has 0 radical (unpaired) electrons. The summed E-state index contributed by atoms with van der Waals surface area (Å²) in [7, 11) is 1.57. The second kappa shape index (κ2) is 6.96. The van der Waals surface area contributed by atoms with Crippen LogP contribution in [0.3, 0.4) is 0 Å². The average molecular weight is 281 g/mol. The zero-order chi connectivity index (χ0) is 15.1. The van der Waals surface area contributed by atoms with Crippen molar-refractivity contribution in [2.24, 2.45) is 0 Å². The van der Waals surface area contributed by atoms with Crippen molar-refractivity contribution < 1.29 is 9.53 Å². The summed E-state index contributed by atoms with van der Waals surface area (Å²) < 4.78 is 5.09. The first-order valence-electron chi connectivity index (χ1n) is 6.40. The minimum atomic E-state index is -0.198. The van der Waals surface area contributed by atoms with Gasteiger partial charge in [0.15, 0.2) is 0 Å². The highest BCUT2D eigenvalue weighted by molar-refractivity contribution is 5.94. The Morgan fingerprint density at radius 1 is 1.24 bits per heavy atom. The SMILES string of the molecule is COc1cccc(NC(=O)CNc2ccccc2C#N)c1. The molecule has 0 heterocycles. The minimum Gasteiger partial charge on any atom is -0.497 e. The number of carbonyl (C=O) groups excluding carboxylic acids is 1. The van der Waals surface area contributed by atoms with Crippen LogP contribution in [0.2, 0.25) is 0 Å². The van der Waals surface area contributed by atoms with E-state index < -0.39 is 0 Å². The maximum Gasteiger partial charge on any atom is 0.243 e. The lowest BCUT2D eigenvalue weighted by Gasteiger charge is -2.09. The van der Waals surface area contributed by atoms with Gasteiger partial charge in [0.05, 0.1) is 24.9 Å². The average Bonchev–Trinajstić information content (AvgIpc) is 2.53. The van der Waals surface area contributed by atoms with Crippen LogP contribution in [-0.4, -0.2) is 19.6 Å². The second-order valence-corrected chi connectivity index (χ2v) is 4.29. The van der Waals surface area contributed by atoms with Gasteiger partial charge in [0, 0.05) is 11.8 Å². The van der Waals surface area contributed by atoms with Gasteiger partial charge in [-0.2, -0.15) is 5.26 Å². The van der Waals surface area contributed by atoms with Crippen molar-refractivity contribution in [3.05, 3.63) is 54.1 Å². The van der Waals surface area contributed by atoms with Crippen LogP contribution in [0.5, 0.6) is 5.75 Å². The number of nitrogens with zero attached hydrogens (tertiary/aromatic N) is 1. The van der Waals surface area contributed by atoms with Crippen molar-refractivity contribution in [2.45, 2.75) is 0 Å². The van der Waals surface area contributed by atoms with Crippen LogP contribution < -0.4 is 15.4 Å². The van der Waals surface area contributed by atoms with Crippen molar-refractivity contribution in [2.75, 3.05) is 24.3 Å². The Kier molecular flexibility index (Phi) is 4.78. The fraction of sp³-hybridized carbons (Fsp3) is 0.125. The van der Waals surface area contributed by atoms with Crippen molar-refractivity contribution >= 4 is 17.3 Å². The van der Waals surface area contributed by atoms with E-state index in [9.17, 15) is 4.79 Å². The predicted octanol–water partition coefficient (Wildman–Crippen LogP) is 2.62. The maximum atomic E-state index is 11.9. The number of rotatable bonds is 5. The number of ether oxygens (including phenoxy) is 1. The largest absolute Gasteiger partial charge is 0.497 e. The van der Waals surface area contributed by atoms with Crippen molar-refractivity contribution in [1.29, 1.82) is 5.26 Å². The van der Waals surface area contributed by atoms with E-state index in [0.717, 1.165) is 0 Å². The maximum absolute atomic E-state index is 11.9. The number of para-hydroxylation sites is 1. The topological polar surface area (TPSA) is 74.2 Å². The fourth-order valence-electron chi connectivity index (χ4n) is 1.82. The lowest BCUT2D eigenvalue weighted by atomic mass is 10.2. The Balaban J connectivity index is 1.94. The second-order valence-electron chi connectivity index (χ2n) is 4.29. The van der Waals surface area contributed by atoms with E-state index in [1.807, 2.05) is 6.07 Å². The smallest absolute Gasteiger partial charge is 0.243 e. The summed E-state index contributed by atoms with van der Waals surface area (Å²) in [5.74, 6) is 0.478. The normalized spacial score (nSPS) is 9.52. The monoisotopic (exact) mass is 281 g/mol. The molecule has 5 nitrogen and oxygen atoms in total. The zero-order valence-corrected chi connectivity index (χ0v) is 11.6. The highest BCUT2D eigenvalue weighted by atomic mass is 16.5. The number of methoxy groups -OCH3 is 1. The van der Waals surface area contributed by atoms with E-state index in [-0.39, 0.29) is 12.5 Å². The van der Waals surface area contributed by atoms with Crippen LogP contribution in [-0.2, 0) is 4.79 Å². The summed E-state index contributed by atoms with van der Waals surface area (Å²) in [4.78, 5) is 11.9. The van der Waals surface area contributed by atoms with Gasteiger partial charge in [0.2, 0.25) is 5.91 Å². The van der Waals surface area contributed by atoms with Crippen molar-refractivity contribution in [3.63, 3.8) is 0 Å². The molecule has 2 rings (SSSR count). The fourth-order valence-corrected chi connectivity index (χ4v) is 1.82. The molecule has 0 unspecified atom stereocenters. The molecule has 106 valence electrons. The molecule has 0 spiro atoms. The van der Waals surface area contributed by atoms with Crippen LogP contribution in [0.15, 0.2) is 48.5 Å². The third kappa shape index (κ3) is 3.98. The highest BCUT2D eigenvalue weighted by Crippen LogP contribution is 2.17. The third-order valence-electron chi connectivity index (χ3n) is 2.84. The number of nitriles is 1. The molecular weight excluding hydrogens is 266 g/mol. The van der Waals surface area contributed by atoms with Gasteiger partial charge in [-0.3, -0.25) is 4.79 Å². The van der Waals surface area contributed by atoms with Gasteiger partial charge < -0.3 is 15.4 Å². The molecule has 1 amide bonds. The molecule has 0 saturated heterocycles. The Hall–Kier alpha value is -3.00. The molecular formula is C16H15N3O2. The number of amides is 1. The Bertz CT molecular complexity index is 677. The van der Waals surface area contributed by atoms with Gasteiger partial charge in [-0.05, 0) is 24.3 Å². The summed E-state index contributed by atoms with van der Waals surface area (Å²) >= 11 is 0. The molecule has 0 aromatic heterocycles. The first kappa shape index (κ1) is 14.4. The van der Waals surface area contributed by atoms with Gasteiger partial charge >= 0.3 is 0 Å². The molecule has 0 fully saturated rings. The molecule has 2 aromatic carbocycles. The van der Waals surface area contributed by atoms with Crippen LogP contribution in [0.25, 0.3) is 0 Å². The van der Waals surface area contributed by atoms with Crippen LogP contribution >= 0.6 is 0 Å². The number of hydrogen-bond acceptors (Lipinski definition) is 4. The van der Waals surface area contributed by atoms with Crippen molar-refractivity contribution in [1.82, 2.24) is 0 Å². The summed E-state index contributed by atoms with van der Waals surface area (Å²) in [6.07, 6.45) is 0. The molecule has 2 aromatic rings.